The van der Waals surface area contributed by atoms with Gasteiger partial charge in [0.05, 0.1) is 21.2 Å². The number of hydrogen-bond acceptors (Lipinski definition) is 5. The highest BCUT2D eigenvalue weighted by Gasteiger charge is 2.31. The van der Waals surface area contributed by atoms with Gasteiger partial charge in [0.25, 0.3) is 15.9 Å². The third-order valence-corrected chi connectivity index (χ3v) is 6.27. The molecular formula is C21H14ClF3N2O5S. The molecule has 0 unspecified atom stereocenters. The van der Waals surface area contributed by atoms with Crippen molar-refractivity contribution in [1.82, 2.24) is 0 Å². The van der Waals surface area contributed by atoms with Gasteiger partial charge in [-0.15, -0.1) is 0 Å². The van der Waals surface area contributed by atoms with E-state index >= 15 is 0 Å². The summed E-state index contributed by atoms with van der Waals surface area (Å²) >= 11 is 5.87. The summed E-state index contributed by atoms with van der Waals surface area (Å²) in [5.41, 5.74) is -1.11. The fraction of sp³-hybridized carbons (Fsp3) is 0.0952. The van der Waals surface area contributed by atoms with Crippen molar-refractivity contribution < 1.29 is 35.9 Å². The Bertz CT molecular complexity index is 1350. The average Bonchev–Trinajstić information content (AvgIpc) is 3.22. The van der Waals surface area contributed by atoms with Crippen molar-refractivity contribution in [3.63, 3.8) is 0 Å². The van der Waals surface area contributed by atoms with E-state index in [0.29, 0.717) is 23.3 Å². The zero-order valence-electron chi connectivity index (χ0n) is 16.4. The highest BCUT2D eigenvalue weighted by Crippen LogP contribution is 2.35. The summed E-state index contributed by atoms with van der Waals surface area (Å²) < 4.78 is 76.9. The Labute approximate surface area is 191 Å². The van der Waals surface area contributed by atoms with Gasteiger partial charge < -0.3 is 14.8 Å². The van der Waals surface area contributed by atoms with E-state index in [2.05, 4.69) is 5.32 Å². The van der Waals surface area contributed by atoms with Crippen LogP contribution in [-0.2, 0) is 16.2 Å². The Morgan fingerprint density at radius 1 is 0.970 bits per heavy atom. The quantitative estimate of drug-likeness (QED) is 0.508. The maximum absolute atomic E-state index is 13.0. The number of carbonyl (C=O) groups excluding carboxylic acids is 1. The lowest BCUT2D eigenvalue weighted by Gasteiger charge is -2.13. The third-order valence-electron chi connectivity index (χ3n) is 4.57. The van der Waals surface area contributed by atoms with Crippen LogP contribution in [0.1, 0.15) is 15.9 Å². The molecule has 0 spiro atoms. The molecule has 0 saturated carbocycles. The summed E-state index contributed by atoms with van der Waals surface area (Å²) in [6, 6.07) is 12.0. The van der Waals surface area contributed by atoms with Crippen LogP contribution in [0.4, 0.5) is 24.5 Å². The van der Waals surface area contributed by atoms with E-state index in [0.717, 1.165) is 18.2 Å². The monoisotopic (exact) mass is 498 g/mol. The number of hydrogen-bond donors (Lipinski definition) is 2. The molecule has 3 aromatic rings. The molecule has 7 nitrogen and oxygen atoms in total. The number of benzene rings is 3. The average molecular weight is 499 g/mol. The number of amides is 1. The molecular weight excluding hydrogens is 485 g/mol. The van der Waals surface area contributed by atoms with Crippen LogP contribution in [0.15, 0.2) is 65.6 Å². The van der Waals surface area contributed by atoms with Gasteiger partial charge in [-0.05, 0) is 48.5 Å². The lowest BCUT2D eigenvalue weighted by molar-refractivity contribution is -0.137. The van der Waals surface area contributed by atoms with Gasteiger partial charge in [-0.3, -0.25) is 9.52 Å². The van der Waals surface area contributed by atoms with Crippen molar-refractivity contribution in [2.24, 2.45) is 0 Å². The first-order valence-electron chi connectivity index (χ1n) is 9.23. The fourth-order valence-corrected chi connectivity index (χ4v) is 4.30. The number of alkyl halides is 3. The van der Waals surface area contributed by atoms with Crippen molar-refractivity contribution in [3.8, 4) is 11.5 Å². The van der Waals surface area contributed by atoms with Crippen LogP contribution in [0, 0.1) is 0 Å². The lowest BCUT2D eigenvalue weighted by Crippen LogP contribution is -2.16. The number of fused-ring (bicyclic) bond motifs is 1. The molecule has 0 fully saturated rings. The van der Waals surface area contributed by atoms with E-state index in [-0.39, 0.29) is 22.3 Å². The zero-order chi connectivity index (χ0) is 23.8. The Kier molecular flexibility index (Phi) is 5.85. The van der Waals surface area contributed by atoms with Gasteiger partial charge in [-0.25, -0.2) is 8.42 Å². The summed E-state index contributed by atoms with van der Waals surface area (Å²) in [6.07, 6.45) is -4.68. The zero-order valence-corrected chi connectivity index (χ0v) is 18.0. The van der Waals surface area contributed by atoms with Crippen LogP contribution in [0.5, 0.6) is 11.5 Å². The molecule has 2 N–H and O–H groups in total. The molecule has 1 aliphatic heterocycles. The molecule has 0 saturated heterocycles. The molecule has 1 aliphatic rings. The second-order valence-corrected chi connectivity index (χ2v) is 8.94. The van der Waals surface area contributed by atoms with Crippen LogP contribution in [0.3, 0.4) is 0 Å². The van der Waals surface area contributed by atoms with E-state index in [4.69, 9.17) is 21.1 Å². The van der Waals surface area contributed by atoms with Crippen LogP contribution < -0.4 is 19.5 Å². The normalized spacial score (nSPS) is 13.0. The van der Waals surface area contributed by atoms with E-state index in [1.807, 2.05) is 4.72 Å². The first kappa shape index (κ1) is 22.7. The molecule has 0 bridgehead atoms. The minimum atomic E-state index is -4.68. The van der Waals surface area contributed by atoms with Gasteiger partial charge in [-0.1, -0.05) is 17.7 Å². The van der Waals surface area contributed by atoms with E-state index in [1.165, 1.54) is 18.2 Å². The predicted octanol–water partition coefficient (Wildman–Crippen LogP) is 5.14. The number of sulfonamides is 1. The SMILES string of the molecule is O=C(Nc1ccc2c(c1)OCO2)c1cccc(S(=O)(=O)Nc2cc(C(F)(F)F)ccc2Cl)c1. The highest BCUT2D eigenvalue weighted by atomic mass is 35.5. The molecule has 1 amide bonds. The molecule has 12 heteroatoms. The van der Waals surface area contributed by atoms with Gasteiger partial charge in [0.1, 0.15) is 0 Å². The molecule has 4 rings (SSSR count). The van der Waals surface area contributed by atoms with Crippen molar-refractivity contribution in [2.75, 3.05) is 16.8 Å². The van der Waals surface area contributed by atoms with Gasteiger partial charge in [0.2, 0.25) is 6.79 Å². The van der Waals surface area contributed by atoms with Crippen molar-refractivity contribution in [2.45, 2.75) is 11.1 Å². The van der Waals surface area contributed by atoms with Gasteiger partial charge in [0.15, 0.2) is 11.5 Å². The van der Waals surface area contributed by atoms with Gasteiger partial charge >= 0.3 is 6.18 Å². The Hall–Kier alpha value is -3.44. The van der Waals surface area contributed by atoms with Crippen molar-refractivity contribution in [1.29, 1.82) is 0 Å². The minimum Gasteiger partial charge on any atom is -0.454 e. The molecule has 1 heterocycles. The molecule has 172 valence electrons. The number of carbonyl (C=O) groups is 1. The van der Waals surface area contributed by atoms with Crippen LogP contribution in [-0.4, -0.2) is 21.1 Å². The fourth-order valence-electron chi connectivity index (χ4n) is 2.97. The summed E-state index contributed by atoms with van der Waals surface area (Å²) in [7, 11) is -4.35. The van der Waals surface area contributed by atoms with E-state index < -0.39 is 33.4 Å². The molecule has 33 heavy (non-hydrogen) atoms. The number of anilines is 2. The molecule has 0 aliphatic carbocycles. The standard InChI is InChI=1S/C21H14ClF3N2O5S/c22-16-6-4-13(21(23,24)25)9-17(16)27-33(29,30)15-3-1-2-12(8-15)20(28)26-14-5-7-18-19(10-14)32-11-31-18/h1-10,27H,11H2,(H,26,28). The van der Waals surface area contributed by atoms with Crippen LogP contribution in [0.2, 0.25) is 5.02 Å². The first-order valence-corrected chi connectivity index (χ1v) is 11.1. The second-order valence-electron chi connectivity index (χ2n) is 6.85. The Morgan fingerprint density at radius 3 is 2.48 bits per heavy atom. The van der Waals surface area contributed by atoms with Crippen molar-refractivity contribution >= 4 is 38.9 Å². The second kappa shape index (κ2) is 8.49. The minimum absolute atomic E-state index is 0.00526. The number of nitrogens with one attached hydrogen (secondary N) is 2. The lowest BCUT2D eigenvalue weighted by atomic mass is 10.2. The van der Waals surface area contributed by atoms with Crippen LogP contribution in [0.25, 0.3) is 0 Å². The van der Waals surface area contributed by atoms with E-state index in [1.54, 1.807) is 18.2 Å². The Balaban J connectivity index is 1.56. The number of halogens is 4. The Morgan fingerprint density at radius 2 is 1.73 bits per heavy atom. The highest BCUT2D eigenvalue weighted by molar-refractivity contribution is 7.92. The molecule has 0 atom stereocenters. The number of ether oxygens (including phenoxy) is 2. The summed E-state index contributed by atoms with van der Waals surface area (Å²) in [5, 5.41) is 2.39. The summed E-state index contributed by atoms with van der Waals surface area (Å²) in [5.74, 6) is 0.370. The predicted molar refractivity (Wildman–Crippen MR) is 114 cm³/mol. The summed E-state index contributed by atoms with van der Waals surface area (Å²) in [4.78, 5) is 12.3. The topological polar surface area (TPSA) is 93.7 Å². The van der Waals surface area contributed by atoms with Gasteiger partial charge in [-0.2, -0.15) is 13.2 Å². The number of rotatable bonds is 5. The first-order chi connectivity index (χ1) is 15.5. The molecule has 0 radical (unpaired) electrons. The van der Waals surface area contributed by atoms with Crippen LogP contribution >= 0.6 is 11.6 Å². The third kappa shape index (κ3) is 4.99. The van der Waals surface area contributed by atoms with Gasteiger partial charge in [0, 0.05) is 17.3 Å². The molecule has 3 aromatic carbocycles. The molecule has 0 aromatic heterocycles. The maximum Gasteiger partial charge on any atom is 0.416 e. The maximum atomic E-state index is 13.0. The smallest absolute Gasteiger partial charge is 0.416 e. The summed E-state index contributed by atoms with van der Waals surface area (Å²) in [6.45, 7) is 0.0650. The van der Waals surface area contributed by atoms with E-state index in [9.17, 15) is 26.4 Å². The largest absolute Gasteiger partial charge is 0.454 e. The van der Waals surface area contributed by atoms with Crippen molar-refractivity contribution in [3.05, 3.63) is 76.8 Å².